The van der Waals surface area contributed by atoms with Crippen molar-refractivity contribution in [3.05, 3.63) is 22.2 Å². The molecule has 0 aliphatic heterocycles. The van der Waals surface area contributed by atoms with Crippen LogP contribution in [0.1, 0.15) is 39.0 Å². The predicted molar refractivity (Wildman–Crippen MR) is 75.6 cm³/mol. The standard InChI is InChI=1S/C13H20N4O2/c1-2-7-14-12-8-11(17(18)19)9-13(16-12)15-10-5-3-4-6-10/h8-10H,2-7H2,1H3,(H2,14,15,16). The molecule has 1 aromatic rings. The van der Waals surface area contributed by atoms with Gasteiger partial charge in [-0.05, 0) is 19.3 Å². The molecule has 0 saturated heterocycles. The van der Waals surface area contributed by atoms with Gasteiger partial charge in [-0.2, -0.15) is 0 Å². The Hall–Kier alpha value is -1.85. The smallest absolute Gasteiger partial charge is 0.276 e. The van der Waals surface area contributed by atoms with Gasteiger partial charge in [-0.3, -0.25) is 10.1 Å². The molecular weight excluding hydrogens is 244 g/mol. The fourth-order valence-corrected chi connectivity index (χ4v) is 2.32. The Labute approximate surface area is 112 Å². The van der Waals surface area contributed by atoms with Crippen molar-refractivity contribution >= 4 is 17.3 Å². The molecule has 6 nitrogen and oxygen atoms in total. The molecular formula is C13H20N4O2. The Morgan fingerprint density at radius 2 is 2.05 bits per heavy atom. The SMILES string of the molecule is CCCNc1cc([N+](=O)[O-])cc(NC2CCCC2)n1. The van der Waals surface area contributed by atoms with Gasteiger partial charge in [0.15, 0.2) is 0 Å². The van der Waals surface area contributed by atoms with Crippen molar-refractivity contribution in [2.75, 3.05) is 17.2 Å². The third kappa shape index (κ3) is 3.81. The summed E-state index contributed by atoms with van der Waals surface area (Å²) < 4.78 is 0. The van der Waals surface area contributed by atoms with E-state index in [4.69, 9.17) is 0 Å². The second kappa shape index (κ2) is 6.36. The maximum Gasteiger partial charge on any atom is 0.276 e. The van der Waals surface area contributed by atoms with Gasteiger partial charge in [0.2, 0.25) is 0 Å². The Morgan fingerprint density at radius 3 is 2.68 bits per heavy atom. The first kappa shape index (κ1) is 13.6. The molecule has 19 heavy (non-hydrogen) atoms. The van der Waals surface area contributed by atoms with Crippen LogP contribution < -0.4 is 10.6 Å². The fraction of sp³-hybridized carbons (Fsp3) is 0.615. The molecule has 1 aliphatic rings. The first-order chi connectivity index (χ1) is 9.19. The minimum atomic E-state index is -0.376. The van der Waals surface area contributed by atoms with Crippen LogP contribution in [0.2, 0.25) is 0 Å². The number of anilines is 2. The molecule has 1 fully saturated rings. The topological polar surface area (TPSA) is 80.1 Å². The summed E-state index contributed by atoms with van der Waals surface area (Å²) in [6.45, 7) is 2.80. The van der Waals surface area contributed by atoms with Crippen molar-refractivity contribution < 1.29 is 4.92 Å². The van der Waals surface area contributed by atoms with Crippen LogP contribution in [0.4, 0.5) is 17.3 Å². The third-order valence-electron chi connectivity index (χ3n) is 3.28. The maximum absolute atomic E-state index is 10.9. The lowest BCUT2D eigenvalue weighted by Gasteiger charge is -2.13. The average Bonchev–Trinajstić information content (AvgIpc) is 2.89. The summed E-state index contributed by atoms with van der Waals surface area (Å²) in [5.41, 5.74) is 0.0779. The molecule has 0 amide bonds. The summed E-state index contributed by atoms with van der Waals surface area (Å²) in [7, 11) is 0. The minimum Gasteiger partial charge on any atom is -0.370 e. The van der Waals surface area contributed by atoms with E-state index in [1.807, 2.05) is 6.92 Å². The van der Waals surface area contributed by atoms with Crippen LogP contribution in [0.5, 0.6) is 0 Å². The van der Waals surface area contributed by atoms with Crippen molar-refractivity contribution in [1.29, 1.82) is 0 Å². The maximum atomic E-state index is 10.9. The molecule has 6 heteroatoms. The second-order valence-corrected chi connectivity index (χ2v) is 4.91. The zero-order valence-electron chi connectivity index (χ0n) is 11.2. The van der Waals surface area contributed by atoms with E-state index in [0.29, 0.717) is 17.7 Å². The third-order valence-corrected chi connectivity index (χ3v) is 3.28. The van der Waals surface area contributed by atoms with Crippen molar-refractivity contribution in [2.45, 2.75) is 45.1 Å². The lowest BCUT2D eigenvalue weighted by atomic mass is 10.2. The molecule has 1 saturated carbocycles. The van der Waals surface area contributed by atoms with E-state index in [-0.39, 0.29) is 10.6 Å². The Morgan fingerprint density at radius 1 is 1.37 bits per heavy atom. The fourth-order valence-electron chi connectivity index (χ4n) is 2.32. The van der Waals surface area contributed by atoms with Crippen LogP contribution in [0.3, 0.4) is 0 Å². The highest BCUT2D eigenvalue weighted by Gasteiger charge is 2.17. The van der Waals surface area contributed by atoms with E-state index in [9.17, 15) is 10.1 Å². The Kier molecular flexibility index (Phi) is 4.54. The second-order valence-electron chi connectivity index (χ2n) is 4.91. The van der Waals surface area contributed by atoms with Crippen LogP contribution in [-0.2, 0) is 0 Å². The normalized spacial score (nSPS) is 15.4. The molecule has 2 rings (SSSR count). The summed E-state index contributed by atoms with van der Waals surface area (Å²) in [5, 5.41) is 17.3. The lowest BCUT2D eigenvalue weighted by molar-refractivity contribution is -0.384. The van der Waals surface area contributed by atoms with Crippen molar-refractivity contribution in [1.82, 2.24) is 4.98 Å². The highest BCUT2D eigenvalue weighted by atomic mass is 16.6. The van der Waals surface area contributed by atoms with Crippen LogP contribution in [0, 0.1) is 10.1 Å². The number of hydrogen-bond acceptors (Lipinski definition) is 5. The lowest BCUT2D eigenvalue weighted by Crippen LogP contribution is -2.16. The summed E-state index contributed by atoms with van der Waals surface area (Å²) in [6, 6.07) is 3.39. The van der Waals surface area contributed by atoms with Gasteiger partial charge >= 0.3 is 0 Å². The van der Waals surface area contributed by atoms with Crippen molar-refractivity contribution in [3.8, 4) is 0 Å². The van der Waals surface area contributed by atoms with Crippen LogP contribution in [0.25, 0.3) is 0 Å². The number of nitrogens with zero attached hydrogens (tertiary/aromatic N) is 2. The molecule has 1 heterocycles. The van der Waals surface area contributed by atoms with Crippen LogP contribution in [0.15, 0.2) is 12.1 Å². The van der Waals surface area contributed by atoms with E-state index in [1.165, 1.54) is 25.0 Å². The number of rotatable bonds is 6. The van der Waals surface area contributed by atoms with E-state index >= 15 is 0 Å². The Balaban J connectivity index is 2.15. The molecule has 0 unspecified atom stereocenters. The summed E-state index contributed by atoms with van der Waals surface area (Å²) in [5.74, 6) is 1.16. The average molecular weight is 264 g/mol. The number of hydrogen-bond donors (Lipinski definition) is 2. The first-order valence-corrected chi connectivity index (χ1v) is 6.86. The van der Waals surface area contributed by atoms with Crippen molar-refractivity contribution in [2.24, 2.45) is 0 Å². The summed E-state index contributed by atoms with van der Waals surface area (Å²) in [6.07, 6.45) is 5.61. The molecule has 0 radical (unpaired) electrons. The van der Waals surface area contributed by atoms with E-state index in [1.54, 1.807) is 0 Å². The number of nitrogens with one attached hydrogen (secondary N) is 2. The molecule has 0 spiro atoms. The Bertz CT molecular complexity index is 444. The van der Waals surface area contributed by atoms with Gasteiger partial charge in [-0.1, -0.05) is 19.8 Å². The molecule has 1 aliphatic carbocycles. The molecule has 1 aromatic heterocycles. The predicted octanol–water partition coefficient (Wildman–Crippen LogP) is 3.17. The minimum absolute atomic E-state index is 0.0779. The van der Waals surface area contributed by atoms with Gasteiger partial charge in [0.1, 0.15) is 11.6 Å². The summed E-state index contributed by atoms with van der Waals surface area (Å²) >= 11 is 0. The molecule has 0 bridgehead atoms. The number of aromatic nitrogens is 1. The van der Waals surface area contributed by atoms with Crippen LogP contribution >= 0.6 is 0 Å². The first-order valence-electron chi connectivity index (χ1n) is 6.86. The highest BCUT2D eigenvalue weighted by molar-refractivity contribution is 5.55. The zero-order valence-corrected chi connectivity index (χ0v) is 11.2. The summed E-state index contributed by atoms with van der Waals surface area (Å²) in [4.78, 5) is 15.0. The van der Waals surface area contributed by atoms with Gasteiger partial charge in [-0.25, -0.2) is 4.98 Å². The van der Waals surface area contributed by atoms with Gasteiger partial charge in [0, 0.05) is 12.6 Å². The molecule has 104 valence electrons. The van der Waals surface area contributed by atoms with Crippen LogP contribution in [-0.4, -0.2) is 22.5 Å². The molecule has 0 aromatic carbocycles. The molecule has 2 N–H and O–H groups in total. The number of pyridine rings is 1. The molecule has 0 atom stereocenters. The van der Waals surface area contributed by atoms with Gasteiger partial charge < -0.3 is 10.6 Å². The van der Waals surface area contributed by atoms with Gasteiger partial charge in [-0.15, -0.1) is 0 Å². The zero-order chi connectivity index (χ0) is 13.7. The van der Waals surface area contributed by atoms with Gasteiger partial charge in [0.05, 0.1) is 17.1 Å². The highest BCUT2D eigenvalue weighted by Crippen LogP contribution is 2.25. The van der Waals surface area contributed by atoms with E-state index < -0.39 is 0 Å². The quantitative estimate of drug-likeness (QED) is 0.609. The van der Waals surface area contributed by atoms with Crippen molar-refractivity contribution in [3.63, 3.8) is 0 Å². The largest absolute Gasteiger partial charge is 0.370 e. The van der Waals surface area contributed by atoms with Gasteiger partial charge in [0.25, 0.3) is 5.69 Å². The van der Waals surface area contributed by atoms with E-state index in [0.717, 1.165) is 25.8 Å². The number of nitro groups is 1. The monoisotopic (exact) mass is 264 g/mol. The van der Waals surface area contributed by atoms with E-state index in [2.05, 4.69) is 15.6 Å².